The molecule has 0 aromatic heterocycles. The molecule has 0 nitrogen and oxygen atoms in total. The summed E-state index contributed by atoms with van der Waals surface area (Å²) in [7, 11) is 0. The van der Waals surface area contributed by atoms with Crippen LogP contribution >= 0.6 is 0 Å². The molecule has 0 rings (SSSR count). The Kier molecular flexibility index (Phi) is 6.51. The van der Waals surface area contributed by atoms with Crippen LogP contribution in [0.2, 0.25) is 0 Å². The Hall–Kier alpha value is 0. The predicted molar refractivity (Wildman–Crippen MR) is 57.1 cm³/mol. The summed E-state index contributed by atoms with van der Waals surface area (Å²) in [5.41, 5.74) is 0.534. The van der Waals surface area contributed by atoms with Crippen LogP contribution in [0, 0.1) is 12.3 Å². The fourth-order valence-electron chi connectivity index (χ4n) is 1.36. The number of unbranched alkanes of at least 4 members (excludes halogenated alkanes) is 5. The highest BCUT2D eigenvalue weighted by Gasteiger charge is 2.08. The van der Waals surface area contributed by atoms with Crippen molar-refractivity contribution >= 4 is 0 Å². The van der Waals surface area contributed by atoms with E-state index in [9.17, 15) is 0 Å². The standard InChI is InChI=1S/C12H25/c1-5-6-7-8-9-10-11-12(2,3)4/h1,5-11H2,2-4H3. The van der Waals surface area contributed by atoms with Gasteiger partial charge >= 0.3 is 0 Å². The second kappa shape index (κ2) is 6.51. The summed E-state index contributed by atoms with van der Waals surface area (Å²) in [6.45, 7) is 10.8. The summed E-state index contributed by atoms with van der Waals surface area (Å²) in [6.07, 6.45) is 9.41. The average Bonchev–Trinajstić information content (AvgIpc) is 1.94. The van der Waals surface area contributed by atoms with E-state index in [-0.39, 0.29) is 0 Å². The van der Waals surface area contributed by atoms with E-state index in [4.69, 9.17) is 0 Å². The van der Waals surface area contributed by atoms with Crippen molar-refractivity contribution in [1.82, 2.24) is 0 Å². The van der Waals surface area contributed by atoms with E-state index < -0.39 is 0 Å². The molecule has 0 heterocycles. The van der Waals surface area contributed by atoms with Crippen molar-refractivity contribution in [2.24, 2.45) is 5.41 Å². The molecule has 0 heteroatoms. The molecular formula is C12H25. The van der Waals surface area contributed by atoms with Crippen molar-refractivity contribution in [3.63, 3.8) is 0 Å². The highest BCUT2D eigenvalue weighted by atomic mass is 14.1. The molecule has 0 saturated carbocycles. The van der Waals surface area contributed by atoms with Crippen LogP contribution in [0.1, 0.15) is 65.7 Å². The monoisotopic (exact) mass is 169 g/mol. The maximum absolute atomic E-state index is 3.84. The second-order valence-electron chi connectivity index (χ2n) is 4.93. The molecule has 0 aromatic carbocycles. The third-order valence-electron chi connectivity index (χ3n) is 2.18. The summed E-state index contributed by atoms with van der Waals surface area (Å²) in [4.78, 5) is 0. The van der Waals surface area contributed by atoms with Gasteiger partial charge in [-0.3, -0.25) is 0 Å². The highest BCUT2D eigenvalue weighted by Crippen LogP contribution is 2.22. The van der Waals surface area contributed by atoms with Crippen molar-refractivity contribution in [3.8, 4) is 0 Å². The van der Waals surface area contributed by atoms with Gasteiger partial charge in [0.05, 0.1) is 0 Å². The first-order chi connectivity index (χ1) is 5.56. The van der Waals surface area contributed by atoms with Crippen LogP contribution in [0.3, 0.4) is 0 Å². The minimum Gasteiger partial charge on any atom is -0.0602 e. The normalized spacial score (nSPS) is 12.0. The molecule has 0 amide bonds. The summed E-state index contributed by atoms with van der Waals surface area (Å²) in [5.74, 6) is 0. The maximum Gasteiger partial charge on any atom is -0.0383 e. The first kappa shape index (κ1) is 12.0. The Bertz CT molecular complexity index is 86.7. The van der Waals surface area contributed by atoms with Gasteiger partial charge in [-0.15, -0.1) is 0 Å². The lowest BCUT2D eigenvalue weighted by Gasteiger charge is -2.17. The van der Waals surface area contributed by atoms with Crippen LogP contribution < -0.4 is 0 Å². The van der Waals surface area contributed by atoms with Gasteiger partial charge in [-0.05, 0) is 11.8 Å². The van der Waals surface area contributed by atoms with Gasteiger partial charge in [-0.25, -0.2) is 0 Å². The van der Waals surface area contributed by atoms with E-state index >= 15 is 0 Å². The van der Waals surface area contributed by atoms with Gasteiger partial charge in [0, 0.05) is 0 Å². The molecule has 0 aromatic rings. The number of rotatable bonds is 6. The molecule has 0 unspecified atom stereocenters. The van der Waals surface area contributed by atoms with E-state index in [2.05, 4.69) is 27.7 Å². The Morgan fingerprint density at radius 3 is 1.83 bits per heavy atom. The zero-order valence-corrected chi connectivity index (χ0v) is 9.16. The summed E-state index contributed by atoms with van der Waals surface area (Å²) in [5, 5.41) is 0. The van der Waals surface area contributed by atoms with Crippen molar-refractivity contribution in [2.75, 3.05) is 0 Å². The molecular weight excluding hydrogens is 144 g/mol. The largest absolute Gasteiger partial charge is 0.0602 e. The van der Waals surface area contributed by atoms with Crippen LogP contribution in [0.15, 0.2) is 0 Å². The van der Waals surface area contributed by atoms with Crippen LogP contribution in [-0.4, -0.2) is 0 Å². The Morgan fingerprint density at radius 1 is 0.833 bits per heavy atom. The van der Waals surface area contributed by atoms with Gasteiger partial charge in [0.2, 0.25) is 0 Å². The quantitative estimate of drug-likeness (QED) is 0.510. The molecule has 0 aliphatic carbocycles. The van der Waals surface area contributed by atoms with Crippen molar-refractivity contribution in [2.45, 2.75) is 65.7 Å². The van der Waals surface area contributed by atoms with E-state index in [1.807, 2.05) is 0 Å². The summed E-state index contributed by atoms with van der Waals surface area (Å²) < 4.78 is 0. The molecule has 0 saturated heterocycles. The first-order valence-electron chi connectivity index (χ1n) is 5.35. The minimum atomic E-state index is 0.534. The zero-order valence-electron chi connectivity index (χ0n) is 9.16. The fourth-order valence-corrected chi connectivity index (χ4v) is 1.36. The number of hydrogen-bond acceptors (Lipinski definition) is 0. The van der Waals surface area contributed by atoms with Crippen molar-refractivity contribution in [3.05, 3.63) is 6.92 Å². The molecule has 73 valence electrons. The third-order valence-corrected chi connectivity index (χ3v) is 2.18. The summed E-state index contributed by atoms with van der Waals surface area (Å²) in [6, 6.07) is 0. The topological polar surface area (TPSA) is 0 Å². The first-order valence-corrected chi connectivity index (χ1v) is 5.35. The van der Waals surface area contributed by atoms with Crippen LogP contribution in [-0.2, 0) is 0 Å². The zero-order chi connectivity index (χ0) is 9.45. The molecule has 0 bridgehead atoms. The fraction of sp³-hybridized carbons (Fsp3) is 0.917. The highest BCUT2D eigenvalue weighted by molar-refractivity contribution is 4.60. The SMILES string of the molecule is [CH2]CCCCCCCC(C)(C)C. The van der Waals surface area contributed by atoms with Gasteiger partial charge < -0.3 is 0 Å². The van der Waals surface area contributed by atoms with Gasteiger partial charge in [0.25, 0.3) is 0 Å². The molecule has 0 fully saturated rings. The molecule has 0 aliphatic rings. The minimum absolute atomic E-state index is 0.534. The Balaban J connectivity index is 3.01. The molecule has 1 radical (unpaired) electrons. The second-order valence-corrected chi connectivity index (χ2v) is 4.93. The van der Waals surface area contributed by atoms with E-state index in [1.54, 1.807) is 0 Å². The van der Waals surface area contributed by atoms with Gasteiger partial charge in [-0.2, -0.15) is 0 Å². The van der Waals surface area contributed by atoms with Gasteiger partial charge in [0.15, 0.2) is 0 Å². The van der Waals surface area contributed by atoms with Crippen LogP contribution in [0.4, 0.5) is 0 Å². The van der Waals surface area contributed by atoms with E-state index in [0.29, 0.717) is 5.41 Å². The van der Waals surface area contributed by atoms with Gasteiger partial charge in [0.1, 0.15) is 0 Å². The number of hydrogen-bond donors (Lipinski definition) is 0. The lowest BCUT2D eigenvalue weighted by Crippen LogP contribution is -2.03. The van der Waals surface area contributed by atoms with Gasteiger partial charge in [-0.1, -0.05) is 66.2 Å². The molecule has 0 atom stereocenters. The summed E-state index contributed by atoms with van der Waals surface area (Å²) >= 11 is 0. The lowest BCUT2D eigenvalue weighted by molar-refractivity contribution is 0.356. The van der Waals surface area contributed by atoms with Crippen molar-refractivity contribution in [1.29, 1.82) is 0 Å². The van der Waals surface area contributed by atoms with Crippen LogP contribution in [0.25, 0.3) is 0 Å². The average molecular weight is 169 g/mol. The lowest BCUT2D eigenvalue weighted by atomic mass is 9.89. The molecule has 0 spiro atoms. The maximum atomic E-state index is 3.84. The molecule has 0 aliphatic heterocycles. The van der Waals surface area contributed by atoms with E-state index in [1.165, 1.54) is 38.5 Å². The molecule has 0 N–H and O–H groups in total. The van der Waals surface area contributed by atoms with Crippen molar-refractivity contribution < 1.29 is 0 Å². The Morgan fingerprint density at radius 2 is 1.33 bits per heavy atom. The predicted octanol–water partition coefficient (Wildman–Crippen LogP) is 4.60. The molecule has 12 heavy (non-hydrogen) atoms. The third kappa shape index (κ3) is 10.0. The Labute approximate surface area is 78.8 Å². The smallest absolute Gasteiger partial charge is 0.0383 e. The van der Waals surface area contributed by atoms with Crippen LogP contribution in [0.5, 0.6) is 0 Å². The van der Waals surface area contributed by atoms with E-state index in [0.717, 1.165) is 6.42 Å².